The van der Waals surface area contributed by atoms with Gasteiger partial charge in [0.2, 0.25) is 0 Å². The van der Waals surface area contributed by atoms with Gasteiger partial charge in [-0.1, -0.05) is 24.3 Å². The van der Waals surface area contributed by atoms with Gasteiger partial charge in [0.1, 0.15) is 11.9 Å². The molecule has 2 aromatic carbocycles. The van der Waals surface area contributed by atoms with E-state index in [0.717, 1.165) is 12.0 Å². The molecule has 0 aliphatic carbocycles. The van der Waals surface area contributed by atoms with Crippen LogP contribution in [-0.2, 0) is 11.4 Å². The Labute approximate surface area is 152 Å². The lowest BCUT2D eigenvalue weighted by Crippen LogP contribution is -2.34. The molecule has 0 saturated carbocycles. The van der Waals surface area contributed by atoms with E-state index in [2.05, 4.69) is 0 Å². The van der Waals surface area contributed by atoms with E-state index >= 15 is 0 Å². The second-order valence-corrected chi connectivity index (χ2v) is 6.11. The van der Waals surface area contributed by atoms with Crippen molar-refractivity contribution in [2.24, 2.45) is 0 Å². The average Bonchev–Trinajstić information content (AvgIpc) is 3.15. The molecule has 0 radical (unpaired) electrons. The summed E-state index contributed by atoms with van der Waals surface area (Å²) < 4.78 is 16.8. The van der Waals surface area contributed by atoms with Crippen LogP contribution in [0.3, 0.4) is 0 Å². The lowest BCUT2D eigenvalue weighted by molar-refractivity contribution is -0.132. The zero-order valence-corrected chi connectivity index (χ0v) is 14.8. The predicted octanol–water partition coefficient (Wildman–Crippen LogP) is 2.25. The van der Waals surface area contributed by atoms with Gasteiger partial charge in [-0.25, -0.2) is 0 Å². The molecule has 0 aromatic heterocycles. The lowest BCUT2D eigenvalue weighted by atomic mass is 10.2. The van der Waals surface area contributed by atoms with Crippen molar-refractivity contribution in [1.29, 1.82) is 0 Å². The van der Waals surface area contributed by atoms with Crippen LogP contribution >= 0.6 is 0 Å². The second kappa shape index (κ2) is 8.58. The summed E-state index contributed by atoms with van der Waals surface area (Å²) in [5, 5.41) is 9.03. The molecular formula is C20H23NO5. The Hall–Kier alpha value is -2.73. The van der Waals surface area contributed by atoms with E-state index in [1.165, 1.54) is 0 Å². The SMILES string of the molecule is COc1ccccc1O[C@H]1CCN(C(=O)COc2ccc(CO)cc2)C1. The Bertz CT molecular complexity index is 731. The van der Waals surface area contributed by atoms with E-state index in [-0.39, 0.29) is 25.2 Å². The Balaban J connectivity index is 1.49. The van der Waals surface area contributed by atoms with Gasteiger partial charge in [-0.05, 0) is 29.8 Å². The minimum atomic E-state index is -0.0673. The highest BCUT2D eigenvalue weighted by Crippen LogP contribution is 2.28. The minimum absolute atomic E-state index is 0.0133. The summed E-state index contributed by atoms with van der Waals surface area (Å²) in [6.45, 7) is 1.15. The number of likely N-dealkylation sites (tertiary alicyclic amines) is 1. The molecule has 2 aromatic rings. The molecule has 1 saturated heterocycles. The molecule has 138 valence electrons. The summed E-state index contributed by atoms with van der Waals surface area (Å²) in [4.78, 5) is 14.1. The first kappa shape index (κ1) is 18.1. The summed E-state index contributed by atoms with van der Waals surface area (Å²) in [6, 6.07) is 14.5. The molecule has 1 aliphatic rings. The number of carbonyl (C=O) groups is 1. The third-order valence-corrected chi connectivity index (χ3v) is 4.33. The van der Waals surface area contributed by atoms with Gasteiger partial charge in [-0.2, -0.15) is 0 Å². The third kappa shape index (κ3) is 4.46. The number of hydrogen-bond acceptors (Lipinski definition) is 5. The van der Waals surface area contributed by atoms with Crippen molar-refractivity contribution < 1.29 is 24.1 Å². The first-order valence-electron chi connectivity index (χ1n) is 8.59. The summed E-state index contributed by atoms with van der Waals surface area (Å²) in [6.07, 6.45) is 0.716. The number of aliphatic hydroxyl groups excluding tert-OH is 1. The standard InChI is InChI=1S/C20H23NO5/c1-24-18-4-2-3-5-19(18)26-17-10-11-21(12-17)20(23)14-25-16-8-6-15(13-22)7-9-16/h2-9,17,22H,10-14H2,1H3/t17-/m0/s1. The first-order chi connectivity index (χ1) is 12.7. The van der Waals surface area contributed by atoms with Gasteiger partial charge < -0.3 is 24.2 Å². The van der Waals surface area contributed by atoms with E-state index in [4.69, 9.17) is 19.3 Å². The molecule has 1 amide bonds. The number of aliphatic hydroxyl groups is 1. The van der Waals surface area contributed by atoms with Crippen molar-refractivity contribution in [2.45, 2.75) is 19.1 Å². The van der Waals surface area contributed by atoms with E-state index in [0.29, 0.717) is 30.3 Å². The summed E-state index contributed by atoms with van der Waals surface area (Å²) in [7, 11) is 1.61. The van der Waals surface area contributed by atoms with Crippen molar-refractivity contribution >= 4 is 5.91 Å². The number of rotatable bonds is 7. The Morgan fingerprint density at radius 3 is 2.58 bits per heavy atom. The Kier molecular flexibility index (Phi) is 5.96. The van der Waals surface area contributed by atoms with Gasteiger partial charge in [-0.15, -0.1) is 0 Å². The number of ether oxygens (including phenoxy) is 3. The van der Waals surface area contributed by atoms with Crippen LogP contribution in [0.5, 0.6) is 17.2 Å². The number of amides is 1. The maximum Gasteiger partial charge on any atom is 0.260 e. The topological polar surface area (TPSA) is 68.2 Å². The molecule has 0 unspecified atom stereocenters. The summed E-state index contributed by atoms with van der Waals surface area (Å²) in [5.74, 6) is 1.92. The highest BCUT2D eigenvalue weighted by Gasteiger charge is 2.28. The van der Waals surface area contributed by atoms with E-state index in [9.17, 15) is 4.79 Å². The lowest BCUT2D eigenvalue weighted by Gasteiger charge is -2.18. The molecule has 1 atom stereocenters. The molecular weight excluding hydrogens is 334 g/mol. The molecule has 3 rings (SSSR count). The minimum Gasteiger partial charge on any atom is -0.493 e. The van der Waals surface area contributed by atoms with E-state index in [1.54, 1.807) is 36.3 Å². The van der Waals surface area contributed by atoms with Crippen LogP contribution in [0.1, 0.15) is 12.0 Å². The van der Waals surface area contributed by atoms with Gasteiger partial charge in [-0.3, -0.25) is 4.79 Å². The fourth-order valence-electron chi connectivity index (χ4n) is 2.87. The number of para-hydroxylation sites is 2. The Morgan fingerprint density at radius 2 is 1.88 bits per heavy atom. The molecule has 1 N–H and O–H groups in total. The average molecular weight is 357 g/mol. The van der Waals surface area contributed by atoms with Crippen LogP contribution < -0.4 is 14.2 Å². The number of nitrogens with zero attached hydrogens (tertiary/aromatic N) is 1. The summed E-state index contributed by atoms with van der Waals surface area (Å²) in [5.41, 5.74) is 0.805. The molecule has 1 fully saturated rings. The fraction of sp³-hybridized carbons (Fsp3) is 0.350. The maximum atomic E-state index is 12.3. The van der Waals surface area contributed by atoms with Crippen LogP contribution in [0.15, 0.2) is 48.5 Å². The van der Waals surface area contributed by atoms with Gasteiger partial charge in [0.05, 0.1) is 20.3 Å². The first-order valence-corrected chi connectivity index (χ1v) is 8.59. The highest BCUT2D eigenvalue weighted by molar-refractivity contribution is 5.78. The van der Waals surface area contributed by atoms with Crippen molar-refractivity contribution in [1.82, 2.24) is 4.90 Å². The van der Waals surface area contributed by atoms with Crippen molar-refractivity contribution in [3.63, 3.8) is 0 Å². The zero-order valence-electron chi connectivity index (χ0n) is 14.8. The molecule has 1 heterocycles. The van der Waals surface area contributed by atoms with Gasteiger partial charge in [0.25, 0.3) is 5.91 Å². The van der Waals surface area contributed by atoms with Crippen LogP contribution in [0.4, 0.5) is 0 Å². The quantitative estimate of drug-likeness (QED) is 0.823. The smallest absolute Gasteiger partial charge is 0.260 e. The summed E-state index contributed by atoms with van der Waals surface area (Å²) >= 11 is 0. The molecule has 6 nitrogen and oxygen atoms in total. The Morgan fingerprint density at radius 1 is 1.15 bits per heavy atom. The molecule has 0 spiro atoms. The van der Waals surface area contributed by atoms with Crippen molar-refractivity contribution in [3.8, 4) is 17.2 Å². The third-order valence-electron chi connectivity index (χ3n) is 4.33. The monoisotopic (exact) mass is 357 g/mol. The van der Waals surface area contributed by atoms with Crippen LogP contribution in [0, 0.1) is 0 Å². The number of hydrogen-bond donors (Lipinski definition) is 1. The predicted molar refractivity (Wildman–Crippen MR) is 96.5 cm³/mol. The zero-order chi connectivity index (χ0) is 18.4. The van der Waals surface area contributed by atoms with Gasteiger partial charge in [0.15, 0.2) is 18.1 Å². The molecule has 26 heavy (non-hydrogen) atoms. The van der Waals surface area contributed by atoms with Gasteiger partial charge in [0, 0.05) is 13.0 Å². The van der Waals surface area contributed by atoms with E-state index in [1.807, 2.05) is 24.3 Å². The van der Waals surface area contributed by atoms with Crippen molar-refractivity contribution in [3.05, 3.63) is 54.1 Å². The normalized spacial score (nSPS) is 16.4. The largest absolute Gasteiger partial charge is 0.493 e. The number of benzene rings is 2. The highest BCUT2D eigenvalue weighted by atomic mass is 16.5. The van der Waals surface area contributed by atoms with Gasteiger partial charge >= 0.3 is 0 Å². The fourth-order valence-corrected chi connectivity index (χ4v) is 2.87. The molecule has 6 heteroatoms. The second-order valence-electron chi connectivity index (χ2n) is 6.11. The van der Waals surface area contributed by atoms with E-state index < -0.39 is 0 Å². The molecule has 1 aliphatic heterocycles. The number of methoxy groups -OCH3 is 1. The van der Waals surface area contributed by atoms with Crippen LogP contribution in [0.25, 0.3) is 0 Å². The molecule has 0 bridgehead atoms. The maximum absolute atomic E-state index is 12.3. The van der Waals surface area contributed by atoms with Crippen molar-refractivity contribution in [2.75, 3.05) is 26.8 Å². The number of carbonyl (C=O) groups excluding carboxylic acids is 1. The van der Waals surface area contributed by atoms with Crippen LogP contribution in [-0.4, -0.2) is 48.8 Å². The van der Waals surface area contributed by atoms with Crippen LogP contribution in [0.2, 0.25) is 0 Å².